The molecule has 14 heavy (non-hydrogen) atoms. The highest BCUT2D eigenvalue weighted by Crippen LogP contribution is 2.22. The number of fused-ring (bicyclic) bond motifs is 3. The van der Waals surface area contributed by atoms with Crippen molar-refractivity contribution >= 4 is 21.7 Å². The summed E-state index contributed by atoms with van der Waals surface area (Å²) in [5.41, 5.74) is 1.20. The largest absolute Gasteiger partial charge is 0.361 e. The topological polar surface area (TPSA) is 19.7 Å². The lowest BCUT2D eigenvalue weighted by Crippen LogP contribution is -2.25. The van der Waals surface area contributed by atoms with Crippen LogP contribution >= 0.6 is 0 Å². The van der Waals surface area contributed by atoms with E-state index in [0.29, 0.717) is 0 Å². The molecule has 0 spiro atoms. The van der Waals surface area contributed by atoms with Crippen LogP contribution in [0.25, 0.3) is 21.7 Å². The zero-order valence-electron chi connectivity index (χ0n) is 7.99. The standard InChI is InChI=1S/C12H10N2/c1-14-7-5-9-2-3-12-10(4-6-13-12)11(9)8-14/h2-8H,1H3/p+1. The number of aryl methyl sites for hydroxylation is 1. The number of hydrogen-bond donors (Lipinski definition) is 1. The van der Waals surface area contributed by atoms with Crippen LogP contribution in [0.2, 0.25) is 0 Å². The summed E-state index contributed by atoms with van der Waals surface area (Å²) in [5.74, 6) is 0. The normalized spacial score (nSPS) is 11.2. The van der Waals surface area contributed by atoms with Gasteiger partial charge in [-0.1, -0.05) is 6.07 Å². The Morgan fingerprint density at radius 2 is 2.00 bits per heavy atom. The molecule has 0 fully saturated rings. The minimum absolute atomic E-state index is 1.20. The predicted molar refractivity (Wildman–Crippen MR) is 57.0 cm³/mol. The molecule has 1 aromatic carbocycles. The minimum Gasteiger partial charge on any atom is -0.361 e. The van der Waals surface area contributed by atoms with E-state index in [-0.39, 0.29) is 0 Å². The van der Waals surface area contributed by atoms with E-state index in [4.69, 9.17) is 0 Å². The summed E-state index contributed by atoms with van der Waals surface area (Å²) >= 11 is 0. The average Bonchev–Trinajstić information content (AvgIpc) is 2.65. The van der Waals surface area contributed by atoms with E-state index in [1.165, 1.54) is 21.7 Å². The molecule has 2 aromatic heterocycles. The fourth-order valence-corrected chi connectivity index (χ4v) is 1.91. The number of rotatable bonds is 0. The number of aromatic amines is 1. The van der Waals surface area contributed by atoms with Gasteiger partial charge in [-0.25, -0.2) is 4.57 Å². The Balaban J connectivity index is 2.60. The van der Waals surface area contributed by atoms with Crippen molar-refractivity contribution in [2.24, 2.45) is 7.05 Å². The Morgan fingerprint density at radius 3 is 2.93 bits per heavy atom. The first-order valence-corrected chi connectivity index (χ1v) is 4.70. The van der Waals surface area contributed by atoms with Gasteiger partial charge in [-0.05, 0) is 17.5 Å². The molecule has 68 valence electrons. The van der Waals surface area contributed by atoms with Gasteiger partial charge in [0.05, 0.1) is 5.39 Å². The van der Waals surface area contributed by atoms with E-state index < -0.39 is 0 Å². The number of nitrogens with one attached hydrogen (secondary N) is 1. The highest BCUT2D eigenvalue weighted by atomic mass is 14.9. The highest BCUT2D eigenvalue weighted by molar-refractivity contribution is 6.05. The highest BCUT2D eigenvalue weighted by Gasteiger charge is 2.03. The number of pyridine rings is 1. The van der Waals surface area contributed by atoms with Gasteiger partial charge in [0.15, 0.2) is 12.4 Å². The van der Waals surface area contributed by atoms with Crippen LogP contribution in [0.15, 0.2) is 42.9 Å². The van der Waals surface area contributed by atoms with Gasteiger partial charge >= 0.3 is 0 Å². The van der Waals surface area contributed by atoms with Gasteiger partial charge in [-0.15, -0.1) is 0 Å². The van der Waals surface area contributed by atoms with Gasteiger partial charge in [0.2, 0.25) is 0 Å². The molecule has 3 rings (SSSR count). The summed E-state index contributed by atoms with van der Waals surface area (Å²) < 4.78 is 2.08. The lowest BCUT2D eigenvalue weighted by atomic mass is 10.1. The molecule has 0 saturated heterocycles. The number of aromatic nitrogens is 2. The Labute approximate surface area is 81.8 Å². The lowest BCUT2D eigenvalue weighted by molar-refractivity contribution is -0.670. The van der Waals surface area contributed by atoms with Crippen molar-refractivity contribution in [3.05, 3.63) is 42.9 Å². The van der Waals surface area contributed by atoms with Crippen LogP contribution in [0.1, 0.15) is 0 Å². The molecular formula is C12H11N2+. The van der Waals surface area contributed by atoms with Crippen LogP contribution < -0.4 is 4.57 Å². The molecule has 0 amide bonds. The molecule has 0 atom stereocenters. The summed E-state index contributed by atoms with van der Waals surface area (Å²) in [5, 5.41) is 3.88. The summed E-state index contributed by atoms with van der Waals surface area (Å²) in [7, 11) is 2.05. The maximum absolute atomic E-state index is 3.22. The molecule has 0 unspecified atom stereocenters. The molecule has 0 radical (unpaired) electrons. The van der Waals surface area contributed by atoms with Crippen molar-refractivity contribution in [3.63, 3.8) is 0 Å². The molecule has 2 heteroatoms. The van der Waals surface area contributed by atoms with Crippen LogP contribution in [0.4, 0.5) is 0 Å². The van der Waals surface area contributed by atoms with Crippen molar-refractivity contribution in [1.82, 2.24) is 4.98 Å². The van der Waals surface area contributed by atoms with Crippen molar-refractivity contribution < 1.29 is 4.57 Å². The minimum atomic E-state index is 1.20. The summed E-state index contributed by atoms with van der Waals surface area (Å²) in [4.78, 5) is 3.22. The van der Waals surface area contributed by atoms with Crippen LogP contribution in [0, 0.1) is 0 Å². The smallest absolute Gasteiger partial charge is 0.177 e. The summed E-state index contributed by atoms with van der Waals surface area (Å²) in [6, 6.07) is 8.53. The SMILES string of the molecule is C[n+]1ccc2ccc3[nH]ccc3c2c1. The monoisotopic (exact) mass is 183 g/mol. The van der Waals surface area contributed by atoms with Crippen molar-refractivity contribution in [2.75, 3.05) is 0 Å². The average molecular weight is 183 g/mol. The summed E-state index contributed by atoms with van der Waals surface area (Å²) in [6.45, 7) is 0. The first kappa shape index (κ1) is 7.56. The van der Waals surface area contributed by atoms with Crippen molar-refractivity contribution in [1.29, 1.82) is 0 Å². The van der Waals surface area contributed by atoms with E-state index in [1.807, 2.05) is 13.2 Å². The van der Waals surface area contributed by atoms with Gasteiger partial charge < -0.3 is 4.98 Å². The molecule has 1 N–H and O–H groups in total. The molecule has 0 aliphatic heterocycles. The molecule has 2 nitrogen and oxygen atoms in total. The molecule has 0 bridgehead atoms. The molecule has 3 aromatic rings. The van der Waals surface area contributed by atoms with E-state index >= 15 is 0 Å². The predicted octanol–water partition coefficient (Wildman–Crippen LogP) is 2.15. The third-order valence-corrected chi connectivity index (χ3v) is 2.63. The van der Waals surface area contributed by atoms with Crippen LogP contribution in [-0.2, 0) is 7.05 Å². The first-order chi connectivity index (χ1) is 6.84. The Hall–Kier alpha value is -1.83. The molecule has 0 aliphatic rings. The van der Waals surface area contributed by atoms with Crippen LogP contribution in [0.3, 0.4) is 0 Å². The number of benzene rings is 1. The van der Waals surface area contributed by atoms with E-state index in [9.17, 15) is 0 Å². The van der Waals surface area contributed by atoms with E-state index in [0.717, 1.165) is 0 Å². The van der Waals surface area contributed by atoms with Crippen LogP contribution in [0.5, 0.6) is 0 Å². The zero-order valence-corrected chi connectivity index (χ0v) is 7.99. The lowest BCUT2D eigenvalue weighted by Gasteiger charge is -1.97. The second kappa shape index (κ2) is 2.58. The maximum atomic E-state index is 3.22. The molecule has 0 saturated carbocycles. The third-order valence-electron chi connectivity index (χ3n) is 2.63. The fraction of sp³-hybridized carbons (Fsp3) is 0.0833. The third kappa shape index (κ3) is 0.940. The number of hydrogen-bond acceptors (Lipinski definition) is 0. The van der Waals surface area contributed by atoms with Gasteiger partial charge in [0.1, 0.15) is 7.05 Å². The van der Waals surface area contributed by atoms with E-state index in [1.54, 1.807) is 0 Å². The van der Waals surface area contributed by atoms with Gasteiger partial charge in [0, 0.05) is 23.2 Å². The first-order valence-electron chi connectivity index (χ1n) is 4.70. The fourth-order valence-electron chi connectivity index (χ4n) is 1.91. The van der Waals surface area contributed by atoms with Gasteiger partial charge in [-0.2, -0.15) is 0 Å². The Morgan fingerprint density at radius 1 is 1.07 bits per heavy atom. The zero-order chi connectivity index (χ0) is 9.54. The molecule has 0 aliphatic carbocycles. The Bertz CT molecular complexity index is 608. The van der Waals surface area contributed by atoms with Crippen molar-refractivity contribution in [3.8, 4) is 0 Å². The molecule has 2 heterocycles. The number of H-pyrrole nitrogens is 1. The quantitative estimate of drug-likeness (QED) is 0.515. The maximum Gasteiger partial charge on any atom is 0.177 e. The van der Waals surface area contributed by atoms with Gasteiger partial charge in [0.25, 0.3) is 0 Å². The van der Waals surface area contributed by atoms with Crippen LogP contribution in [-0.4, -0.2) is 4.98 Å². The summed E-state index contributed by atoms with van der Waals surface area (Å²) in [6.07, 6.45) is 6.21. The number of nitrogens with zero attached hydrogens (tertiary/aromatic N) is 1. The van der Waals surface area contributed by atoms with Crippen molar-refractivity contribution in [2.45, 2.75) is 0 Å². The Kier molecular flexibility index (Phi) is 1.39. The molecular weight excluding hydrogens is 172 g/mol. The van der Waals surface area contributed by atoms with E-state index in [2.05, 4.69) is 46.2 Å². The second-order valence-electron chi connectivity index (χ2n) is 3.62. The van der Waals surface area contributed by atoms with Gasteiger partial charge in [-0.3, -0.25) is 0 Å². The second-order valence-corrected chi connectivity index (χ2v) is 3.62.